The minimum absolute atomic E-state index is 0.0785. The number of carbonyl (C=O) groups is 3. The number of ether oxygens (including phenoxy) is 3. The summed E-state index contributed by atoms with van der Waals surface area (Å²) in [6.45, 7) is 6.53. The summed E-state index contributed by atoms with van der Waals surface area (Å²) in [5, 5.41) is 0. The van der Waals surface area contributed by atoms with Crippen LogP contribution in [0.15, 0.2) is 85.1 Å². The Hall–Kier alpha value is -3.41. The second-order valence-electron chi connectivity index (χ2n) is 21.3. The number of carbonyl (C=O) groups excluding carboxylic acids is 3. The molecule has 0 N–H and O–H groups in total. The molecule has 0 amide bonds. The molecule has 0 aromatic rings. The fourth-order valence-electron chi connectivity index (χ4n) is 9.09. The topological polar surface area (TPSA) is 78.9 Å². The van der Waals surface area contributed by atoms with Crippen molar-refractivity contribution in [3.05, 3.63) is 85.1 Å². The molecule has 0 aromatic heterocycles. The minimum Gasteiger partial charge on any atom is -0.462 e. The zero-order valence-corrected chi connectivity index (χ0v) is 49.6. The van der Waals surface area contributed by atoms with Gasteiger partial charge in [0.15, 0.2) is 6.10 Å². The lowest BCUT2D eigenvalue weighted by Crippen LogP contribution is -2.30. The normalized spacial score (nSPS) is 12.6. The van der Waals surface area contributed by atoms with E-state index in [1.165, 1.54) is 173 Å². The standard InChI is InChI=1S/C69H120O6/c1-4-7-10-13-16-19-22-24-26-28-30-32-33-34-35-37-38-40-42-44-47-50-53-56-59-62-68(71)74-65-66(64-73-67(70)61-58-55-52-49-46-21-18-15-12-9-6-3)75-69(72)63-60-57-54-51-48-45-43-41-39-36-31-29-27-25-23-20-17-14-11-8-5-2/h8,11,17,20,22,24-25,27-28,30-31,33-34,36,66H,4-7,9-10,12-16,18-19,21,23,26,29,32,35,37-65H2,1-3H3/b11-8-,20-17-,24-22-,27-25-,30-28-,34-33-,36-31-. The molecule has 6 heteroatoms. The van der Waals surface area contributed by atoms with Gasteiger partial charge in [-0.3, -0.25) is 14.4 Å². The summed E-state index contributed by atoms with van der Waals surface area (Å²) in [6, 6.07) is 0. The lowest BCUT2D eigenvalue weighted by molar-refractivity contribution is -0.167. The van der Waals surface area contributed by atoms with Gasteiger partial charge in [-0.05, 0) is 96.3 Å². The van der Waals surface area contributed by atoms with Gasteiger partial charge in [-0.1, -0.05) is 286 Å². The van der Waals surface area contributed by atoms with Crippen LogP contribution >= 0.6 is 0 Å². The Morgan fingerprint density at radius 3 is 0.813 bits per heavy atom. The summed E-state index contributed by atoms with van der Waals surface area (Å²) in [4.78, 5) is 38.3. The fourth-order valence-corrected chi connectivity index (χ4v) is 9.09. The first-order valence-corrected chi connectivity index (χ1v) is 32.1. The highest BCUT2D eigenvalue weighted by molar-refractivity contribution is 5.71. The van der Waals surface area contributed by atoms with Gasteiger partial charge in [0.05, 0.1) is 0 Å². The molecule has 0 aromatic carbocycles. The summed E-state index contributed by atoms with van der Waals surface area (Å²) >= 11 is 0. The first kappa shape index (κ1) is 71.6. The molecule has 432 valence electrons. The van der Waals surface area contributed by atoms with Crippen molar-refractivity contribution in [3.63, 3.8) is 0 Å². The van der Waals surface area contributed by atoms with Gasteiger partial charge in [0.25, 0.3) is 0 Å². The molecule has 0 rings (SSSR count). The van der Waals surface area contributed by atoms with Crippen molar-refractivity contribution < 1.29 is 28.6 Å². The van der Waals surface area contributed by atoms with E-state index >= 15 is 0 Å². The van der Waals surface area contributed by atoms with Crippen molar-refractivity contribution in [1.82, 2.24) is 0 Å². The van der Waals surface area contributed by atoms with E-state index in [-0.39, 0.29) is 31.1 Å². The van der Waals surface area contributed by atoms with E-state index in [2.05, 4.69) is 106 Å². The molecule has 0 bridgehead atoms. The Labute approximate surface area is 465 Å². The van der Waals surface area contributed by atoms with Crippen molar-refractivity contribution in [1.29, 1.82) is 0 Å². The molecular weight excluding hydrogens is 925 g/mol. The summed E-state index contributed by atoms with van der Waals surface area (Å²) < 4.78 is 16.9. The molecule has 0 aliphatic rings. The molecule has 0 saturated carbocycles. The maximum absolute atomic E-state index is 12.9. The Balaban J connectivity index is 4.29. The maximum atomic E-state index is 12.9. The van der Waals surface area contributed by atoms with Gasteiger partial charge in [0, 0.05) is 19.3 Å². The second-order valence-corrected chi connectivity index (χ2v) is 21.3. The van der Waals surface area contributed by atoms with Crippen LogP contribution in [0.3, 0.4) is 0 Å². The summed E-state index contributed by atoms with van der Waals surface area (Å²) in [5.41, 5.74) is 0. The predicted molar refractivity (Wildman–Crippen MR) is 325 cm³/mol. The molecule has 1 unspecified atom stereocenters. The van der Waals surface area contributed by atoms with Crippen molar-refractivity contribution in [3.8, 4) is 0 Å². The van der Waals surface area contributed by atoms with E-state index in [0.717, 1.165) is 103 Å². The van der Waals surface area contributed by atoms with E-state index in [1.54, 1.807) is 0 Å². The quantitative estimate of drug-likeness (QED) is 0.0261. The predicted octanol–water partition coefficient (Wildman–Crippen LogP) is 21.9. The Bertz CT molecular complexity index is 1430. The third-order valence-corrected chi connectivity index (χ3v) is 13.9. The van der Waals surface area contributed by atoms with Gasteiger partial charge in [-0.15, -0.1) is 0 Å². The van der Waals surface area contributed by atoms with E-state index < -0.39 is 6.10 Å². The van der Waals surface area contributed by atoms with Crippen LogP contribution in [0.4, 0.5) is 0 Å². The molecule has 1 atom stereocenters. The Kier molecular flexibility index (Phi) is 60.3. The highest BCUT2D eigenvalue weighted by atomic mass is 16.6. The lowest BCUT2D eigenvalue weighted by Gasteiger charge is -2.18. The molecule has 0 aliphatic heterocycles. The number of esters is 3. The van der Waals surface area contributed by atoms with Crippen LogP contribution in [0.2, 0.25) is 0 Å². The van der Waals surface area contributed by atoms with Gasteiger partial charge in [-0.2, -0.15) is 0 Å². The van der Waals surface area contributed by atoms with Crippen molar-refractivity contribution in [2.24, 2.45) is 0 Å². The summed E-state index contributed by atoms with van der Waals surface area (Å²) in [6.07, 6.45) is 83.0. The molecule has 0 heterocycles. The smallest absolute Gasteiger partial charge is 0.306 e. The van der Waals surface area contributed by atoms with E-state index in [9.17, 15) is 14.4 Å². The monoisotopic (exact) mass is 1040 g/mol. The molecule has 0 radical (unpaired) electrons. The highest BCUT2D eigenvalue weighted by Gasteiger charge is 2.19. The van der Waals surface area contributed by atoms with Crippen molar-refractivity contribution in [2.45, 2.75) is 322 Å². The average molecular weight is 1050 g/mol. The first-order chi connectivity index (χ1) is 37.0. The van der Waals surface area contributed by atoms with Crippen LogP contribution in [-0.2, 0) is 28.6 Å². The van der Waals surface area contributed by atoms with E-state index in [0.29, 0.717) is 19.3 Å². The van der Waals surface area contributed by atoms with Crippen LogP contribution in [0.1, 0.15) is 316 Å². The zero-order chi connectivity index (χ0) is 54.3. The SMILES string of the molecule is CC/C=C\C/C=C\C/C=C\C/C=C\CCCCCCCCCCC(=O)OC(COC(=O)CCCCCCCCCCCCC)COC(=O)CCCCCCCCCCCC/C=C\C/C=C\C/C=C\CCCCCCC. The van der Waals surface area contributed by atoms with Crippen molar-refractivity contribution >= 4 is 17.9 Å². The molecular formula is C69H120O6. The van der Waals surface area contributed by atoms with Gasteiger partial charge < -0.3 is 14.2 Å². The van der Waals surface area contributed by atoms with Gasteiger partial charge >= 0.3 is 17.9 Å². The van der Waals surface area contributed by atoms with Crippen LogP contribution < -0.4 is 0 Å². The molecule has 0 saturated heterocycles. The van der Waals surface area contributed by atoms with E-state index in [1.807, 2.05) is 0 Å². The third kappa shape index (κ3) is 61.3. The van der Waals surface area contributed by atoms with Crippen molar-refractivity contribution in [2.75, 3.05) is 13.2 Å². The highest BCUT2D eigenvalue weighted by Crippen LogP contribution is 2.16. The van der Waals surface area contributed by atoms with Gasteiger partial charge in [0.1, 0.15) is 13.2 Å². The zero-order valence-electron chi connectivity index (χ0n) is 49.6. The molecule has 6 nitrogen and oxygen atoms in total. The van der Waals surface area contributed by atoms with Crippen LogP contribution in [-0.4, -0.2) is 37.2 Å². The first-order valence-electron chi connectivity index (χ1n) is 32.1. The van der Waals surface area contributed by atoms with Crippen LogP contribution in [0.5, 0.6) is 0 Å². The largest absolute Gasteiger partial charge is 0.462 e. The number of allylic oxidation sites excluding steroid dienone is 14. The molecule has 75 heavy (non-hydrogen) atoms. The number of hydrogen-bond donors (Lipinski definition) is 0. The Morgan fingerprint density at radius 1 is 0.280 bits per heavy atom. The third-order valence-electron chi connectivity index (χ3n) is 13.9. The number of unbranched alkanes of at least 4 members (excludes halogenated alkanes) is 33. The Morgan fingerprint density at radius 2 is 0.520 bits per heavy atom. The number of rotatable bonds is 58. The molecule has 0 spiro atoms. The average Bonchev–Trinajstić information content (AvgIpc) is 3.41. The lowest BCUT2D eigenvalue weighted by atomic mass is 10.0. The summed E-state index contributed by atoms with van der Waals surface area (Å²) in [7, 11) is 0. The minimum atomic E-state index is -0.782. The molecule has 0 aliphatic carbocycles. The second kappa shape index (κ2) is 63.1. The van der Waals surface area contributed by atoms with Gasteiger partial charge in [-0.25, -0.2) is 0 Å². The fraction of sp³-hybridized carbons (Fsp3) is 0.754. The van der Waals surface area contributed by atoms with Gasteiger partial charge in [0.2, 0.25) is 0 Å². The van der Waals surface area contributed by atoms with E-state index in [4.69, 9.17) is 14.2 Å². The molecule has 0 fully saturated rings. The van der Waals surface area contributed by atoms with Crippen LogP contribution in [0, 0.1) is 0 Å². The number of hydrogen-bond acceptors (Lipinski definition) is 6. The maximum Gasteiger partial charge on any atom is 0.306 e. The van der Waals surface area contributed by atoms with Crippen LogP contribution in [0.25, 0.3) is 0 Å². The summed E-state index contributed by atoms with van der Waals surface area (Å²) in [5.74, 6) is -0.879.